The fourth-order valence-corrected chi connectivity index (χ4v) is 4.96. The predicted molar refractivity (Wildman–Crippen MR) is 169 cm³/mol. The third-order valence-corrected chi connectivity index (χ3v) is 6.77. The van der Waals surface area contributed by atoms with E-state index in [9.17, 15) is 22.8 Å². The number of hydrogen-bond acceptors (Lipinski definition) is 10. The van der Waals surface area contributed by atoms with Crippen molar-refractivity contribution >= 4 is 29.4 Å². The van der Waals surface area contributed by atoms with E-state index in [1.54, 1.807) is 25.4 Å². The van der Waals surface area contributed by atoms with Gasteiger partial charge in [-0.2, -0.15) is 0 Å². The zero-order valence-electron chi connectivity index (χ0n) is 27.1. The third-order valence-electron chi connectivity index (χ3n) is 5.99. The highest BCUT2D eigenvalue weighted by molar-refractivity contribution is 7.11. The molecule has 1 aromatic carbocycles. The molecule has 0 saturated carbocycles. The highest BCUT2D eigenvalue weighted by Gasteiger charge is 2.50. The number of aliphatic hydroxyl groups excluding tert-OH is 1. The van der Waals surface area contributed by atoms with E-state index in [0.29, 0.717) is 28.4 Å². The average molecular weight is 645 g/mol. The lowest BCUT2D eigenvalue weighted by molar-refractivity contribution is -0.139. The van der Waals surface area contributed by atoms with Gasteiger partial charge in [-0.05, 0) is 31.5 Å². The molecule has 2 aliphatic heterocycles. The van der Waals surface area contributed by atoms with Gasteiger partial charge in [-0.15, -0.1) is 11.3 Å². The number of benzene rings is 1. The van der Waals surface area contributed by atoms with Gasteiger partial charge in [0, 0.05) is 37.5 Å². The molecule has 2 aliphatic rings. The van der Waals surface area contributed by atoms with Crippen molar-refractivity contribution in [1.29, 1.82) is 0 Å². The summed E-state index contributed by atoms with van der Waals surface area (Å²) in [6.07, 6.45) is 0.557. The lowest BCUT2D eigenvalue weighted by Crippen LogP contribution is -2.45. The molecule has 44 heavy (non-hydrogen) atoms. The fourth-order valence-electron chi connectivity index (χ4n) is 4.38. The van der Waals surface area contributed by atoms with Crippen LogP contribution in [0.3, 0.4) is 0 Å². The number of nitrogens with one attached hydrogen (secondary N) is 1. The number of carbonyl (C=O) groups is 2. The summed E-state index contributed by atoms with van der Waals surface area (Å²) in [4.78, 5) is 34.4. The molecule has 0 amide bonds. The van der Waals surface area contributed by atoms with E-state index < -0.39 is 42.5 Å². The van der Waals surface area contributed by atoms with Gasteiger partial charge in [-0.25, -0.2) is 27.9 Å². The largest absolute Gasteiger partial charge is 0.463 e. The van der Waals surface area contributed by atoms with Gasteiger partial charge in [0.25, 0.3) is 5.92 Å². The molecule has 3 heterocycles. The van der Waals surface area contributed by atoms with Crippen LogP contribution in [0.2, 0.25) is 0 Å². The summed E-state index contributed by atoms with van der Waals surface area (Å²) in [5, 5.41) is 12.4. The molecule has 1 saturated heterocycles. The standard InChI is InChI=1S/C24H25F3N4O4S.3C2H6.CH4O/c1-3-34-22(33)19-17(12-31-13-18(35-10-9-32)24(26,27)14-31)29-20(21-28-8-11-36-21)30-23(19,2)15-4-6-16(25)7-5-15;4*1-2/h4-9,11,18H,3,10,12-14H2,1-2H3,(H,29,30);3*1-2H3;2H,1H3/t18?,23-;;;;/m0..../s1. The molecule has 248 valence electrons. The number of rotatable bonds is 9. The van der Waals surface area contributed by atoms with Crippen molar-refractivity contribution in [3.63, 3.8) is 0 Å². The molecule has 1 unspecified atom stereocenters. The van der Waals surface area contributed by atoms with Crippen LogP contribution in [-0.4, -0.2) is 85.1 Å². The molecular weight excluding hydrogens is 597 g/mol. The van der Waals surface area contributed by atoms with Crippen LogP contribution in [-0.2, 0) is 24.6 Å². The van der Waals surface area contributed by atoms with E-state index in [0.717, 1.165) is 7.11 Å². The van der Waals surface area contributed by atoms with E-state index in [4.69, 9.17) is 19.6 Å². The lowest BCUT2D eigenvalue weighted by atomic mass is 9.82. The Labute approximate surface area is 263 Å². The molecule has 0 aliphatic carbocycles. The topological polar surface area (TPSA) is 113 Å². The Kier molecular flexibility index (Phi) is 19.3. The third kappa shape index (κ3) is 10.5. The number of aldehydes is 1. The number of ether oxygens (including phenoxy) is 2. The second kappa shape index (κ2) is 20.8. The normalized spacial score (nSPS) is 20.0. The van der Waals surface area contributed by atoms with Gasteiger partial charge < -0.3 is 24.7 Å². The van der Waals surface area contributed by atoms with Crippen LogP contribution in [0.15, 0.2) is 52.1 Å². The number of aliphatic hydroxyl groups is 1. The first-order chi connectivity index (χ1) is 21.2. The number of likely N-dealkylation sites (tertiary alicyclic amines) is 1. The lowest BCUT2D eigenvalue weighted by Gasteiger charge is -2.36. The first-order valence-electron chi connectivity index (χ1n) is 14.7. The number of halogens is 3. The van der Waals surface area contributed by atoms with Crippen LogP contribution in [0.4, 0.5) is 13.2 Å². The van der Waals surface area contributed by atoms with Gasteiger partial charge in [0.1, 0.15) is 30.4 Å². The number of hydrogen-bond donors (Lipinski definition) is 2. The molecule has 2 aromatic rings. The zero-order chi connectivity index (χ0) is 33.9. The summed E-state index contributed by atoms with van der Waals surface area (Å²) in [6, 6.07) is 5.57. The Hall–Kier alpha value is -3.13. The average Bonchev–Trinajstić information content (AvgIpc) is 3.68. The van der Waals surface area contributed by atoms with Crippen LogP contribution < -0.4 is 5.32 Å². The van der Waals surface area contributed by atoms with Crippen molar-refractivity contribution in [2.75, 3.05) is 40.0 Å². The van der Waals surface area contributed by atoms with E-state index in [1.165, 1.54) is 40.5 Å². The van der Waals surface area contributed by atoms with Gasteiger partial charge in [0.05, 0.1) is 18.7 Å². The molecule has 0 radical (unpaired) electrons. The van der Waals surface area contributed by atoms with Gasteiger partial charge in [0.2, 0.25) is 0 Å². The summed E-state index contributed by atoms with van der Waals surface area (Å²) in [5.74, 6) is -3.97. The number of aromatic nitrogens is 1. The molecule has 1 fully saturated rings. The number of aliphatic imine (C=N–C) groups is 1. The summed E-state index contributed by atoms with van der Waals surface area (Å²) in [5.41, 5.74) is -0.375. The minimum Gasteiger partial charge on any atom is -0.463 e. The van der Waals surface area contributed by atoms with Gasteiger partial charge >= 0.3 is 5.97 Å². The van der Waals surface area contributed by atoms with Gasteiger partial charge in [-0.3, -0.25) is 4.90 Å². The second-order valence-corrected chi connectivity index (χ2v) is 9.39. The van der Waals surface area contributed by atoms with Crippen molar-refractivity contribution in [2.24, 2.45) is 4.99 Å². The molecular formula is C31H47F3N4O5S. The quantitative estimate of drug-likeness (QED) is 0.269. The number of amidine groups is 1. The summed E-state index contributed by atoms with van der Waals surface area (Å²) < 4.78 is 53.3. The summed E-state index contributed by atoms with van der Waals surface area (Å²) in [6.45, 7) is 14.1. The van der Waals surface area contributed by atoms with Crippen molar-refractivity contribution in [3.8, 4) is 0 Å². The Morgan fingerprint density at radius 3 is 2.30 bits per heavy atom. The number of esters is 1. The highest BCUT2D eigenvalue weighted by atomic mass is 32.1. The molecule has 0 spiro atoms. The molecule has 13 heteroatoms. The molecule has 4 rings (SSSR count). The van der Waals surface area contributed by atoms with E-state index >= 15 is 0 Å². The predicted octanol–water partition coefficient (Wildman–Crippen LogP) is 5.59. The summed E-state index contributed by atoms with van der Waals surface area (Å²) in [7, 11) is 1.00. The van der Waals surface area contributed by atoms with E-state index in [1.807, 2.05) is 41.5 Å². The number of carbonyl (C=O) groups excluding carboxylic acids is 2. The Bertz CT molecular complexity index is 1180. The van der Waals surface area contributed by atoms with Crippen molar-refractivity contribution in [1.82, 2.24) is 15.2 Å². The monoisotopic (exact) mass is 644 g/mol. The maximum Gasteiger partial charge on any atom is 0.338 e. The molecule has 9 nitrogen and oxygen atoms in total. The van der Waals surface area contributed by atoms with Gasteiger partial charge in [0.15, 0.2) is 10.8 Å². The minimum atomic E-state index is -3.19. The minimum absolute atomic E-state index is 0.0775. The van der Waals surface area contributed by atoms with Crippen molar-refractivity contribution in [2.45, 2.75) is 73.0 Å². The fraction of sp³-hybridized carbons (Fsp3) is 0.548. The Balaban J connectivity index is 0.00000214. The van der Waals surface area contributed by atoms with Crippen molar-refractivity contribution < 1.29 is 37.3 Å². The molecule has 2 N–H and O–H groups in total. The van der Waals surface area contributed by atoms with Crippen LogP contribution in [0.1, 0.15) is 66.0 Å². The number of nitrogens with zero attached hydrogens (tertiary/aromatic N) is 3. The highest BCUT2D eigenvalue weighted by Crippen LogP contribution is 2.40. The van der Waals surface area contributed by atoms with Crippen LogP contribution in [0, 0.1) is 5.82 Å². The van der Waals surface area contributed by atoms with E-state index in [-0.39, 0.29) is 25.3 Å². The molecule has 1 aromatic heterocycles. The SMILES string of the molecule is CC.CC.CC.CCOC(=O)C1=C(CN2CC(OCC=O)C(F)(F)C2)NC(c2nccs2)=N[C@@]1(C)c1ccc(F)cc1.CO. The Morgan fingerprint density at radius 2 is 1.77 bits per heavy atom. The maximum absolute atomic E-state index is 14.6. The van der Waals surface area contributed by atoms with Crippen LogP contribution in [0.25, 0.3) is 0 Å². The first-order valence-corrected chi connectivity index (χ1v) is 15.6. The zero-order valence-corrected chi connectivity index (χ0v) is 27.9. The van der Waals surface area contributed by atoms with Crippen LogP contribution >= 0.6 is 11.3 Å². The maximum atomic E-state index is 14.6. The van der Waals surface area contributed by atoms with E-state index in [2.05, 4.69) is 10.3 Å². The first kappa shape index (κ1) is 40.9. The number of thiazole rings is 1. The Morgan fingerprint density at radius 1 is 1.16 bits per heavy atom. The number of alkyl halides is 2. The summed E-state index contributed by atoms with van der Waals surface area (Å²) >= 11 is 1.31. The second-order valence-electron chi connectivity index (χ2n) is 8.50. The smallest absolute Gasteiger partial charge is 0.338 e. The van der Waals surface area contributed by atoms with Crippen LogP contribution in [0.5, 0.6) is 0 Å². The van der Waals surface area contributed by atoms with Gasteiger partial charge in [-0.1, -0.05) is 53.7 Å². The molecule has 0 bridgehead atoms. The van der Waals surface area contributed by atoms with Crippen molar-refractivity contribution in [3.05, 3.63) is 63.5 Å². The molecule has 2 atom stereocenters.